The normalized spacial score (nSPS) is 15.0. The molecule has 3 heterocycles. The van der Waals surface area contributed by atoms with Crippen molar-refractivity contribution in [3.63, 3.8) is 0 Å². The first-order valence-electron chi connectivity index (χ1n) is 7.02. The predicted octanol–water partition coefficient (Wildman–Crippen LogP) is 0.403. The fourth-order valence-corrected chi connectivity index (χ4v) is 2.69. The maximum Gasteiger partial charge on any atom is 0.274 e. The van der Waals surface area contributed by atoms with E-state index in [2.05, 4.69) is 20.2 Å². The zero-order valence-electron chi connectivity index (χ0n) is 12.6. The molecule has 112 valence electrons. The van der Waals surface area contributed by atoms with Gasteiger partial charge in [-0.15, -0.1) is 0 Å². The Kier molecular flexibility index (Phi) is 3.50. The number of nitrogens with one attached hydrogen (secondary N) is 1. The molecule has 0 aromatic carbocycles. The number of carbonyl (C=O) groups is 1. The van der Waals surface area contributed by atoms with Crippen LogP contribution in [-0.2, 0) is 26.6 Å². The second-order valence-electron chi connectivity index (χ2n) is 5.71. The lowest BCUT2D eigenvalue weighted by Crippen LogP contribution is -2.31. The van der Waals surface area contributed by atoms with Crippen LogP contribution in [0, 0.1) is 0 Å². The molecule has 0 unspecified atom stereocenters. The lowest BCUT2D eigenvalue weighted by molar-refractivity contribution is 0.0819. The molecule has 2 aromatic heterocycles. The van der Waals surface area contributed by atoms with Crippen molar-refractivity contribution in [2.24, 2.45) is 7.05 Å². The highest BCUT2D eigenvalue weighted by Gasteiger charge is 2.26. The molecule has 0 bridgehead atoms. The fraction of sp³-hybridized carbons (Fsp3) is 0.500. The van der Waals surface area contributed by atoms with Gasteiger partial charge in [-0.1, -0.05) is 0 Å². The summed E-state index contributed by atoms with van der Waals surface area (Å²) in [6.45, 7) is 2.55. The van der Waals surface area contributed by atoms with Gasteiger partial charge in [0.05, 0.1) is 6.20 Å². The third-order valence-corrected chi connectivity index (χ3v) is 3.79. The Morgan fingerprint density at radius 3 is 2.95 bits per heavy atom. The van der Waals surface area contributed by atoms with E-state index in [-0.39, 0.29) is 5.91 Å². The highest BCUT2D eigenvalue weighted by Crippen LogP contribution is 2.22. The summed E-state index contributed by atoms with van der Waals surface area (Å²) in [6, 6.07) is 0. The van der Waals surface area contributed by atoms with Crippen LogP contribution in [0.1, 0.15) is 27.3 Å². The molecule has 0 aliphatic carbocycles. The first-order valence-corrected chi connectivity index (χ1v) is 7.02. The van der Waals surface area contributed by atoms with Crippen LogP contribution in [0.15, 0.2) is 12.4 Å². The Morgan fingerprint density at radius 2 is 2.29 bits per heavy atom. The van der Waals surface area contributed by atoms with Gasteiger partial charge in [0.1, 0.15) is 0 Å². The van der Waals surface area contributed by atoms with E-state index >= 15 is 0 Å². The first kappa shape index (κ1) is 13.8. The Bertz CT molecular complexity index is 656. The molecule has 1 N–H and O–H groups in total. The van der Waals surface area contributed by atoms with Crippen molar-refractivity contribution in [3.8, 4) is 0 Å². The molecule has 0 atom stereocenters. The number of hydrogen-bond donors (Lipinski definition) is 1. The van der Waals surface area contributed by atoms with Gasteiger partial charge in [-0.25, -0.2) is 0 Å². The average Bonchev–Trinajstić information content (AvgIpc) is 3.04. The van der Waals surface area contributed by atoms with E-state index in [4.69, 9.17) is 0 Å². The second-order valence-corrected chi connectivity index (χ2v) is 5.71. The molecule has 0 saturated heterocycles. The third-order valence-electron chi connectivity index (χ3n) is 3.79. The zero-order chi connectivity index (χ0) is 15.0. The minimum Gasteiger partial charge on any atom is -0.343 e. The molecule has 21 heavy (non-hydrogen) atoms. The summed E-state index contributed by atoms with van der Waals surface area (Å²) in [5.41, 5.74) is 3.85. The number of amides is 1. The maximum absolute atomic E-state index is 12.2. The van der Waals surface area contributed by atoms with Crippen LogP contribution in [-0.4, -0.2) is 56.3 Å². The Morgan fingerprint density at radius 1 is 1.48 bits per heavy atom. The van der Waals surface area contributed by atoms with Crippen LogP contribution in [0.4, 0.5) is 0 Å². The van der Waals surface area contributed by atoms with Gasteiger partial charge in [0.15, 0.2) is 5.69 Å². The van der Waals surface area contributed by atoms with Gasteiger partial charge in [-0.05, 0) is 0 Å². The molecule has 1 amide bonds. The molecule has 2 aromatic rings. The van der Waals surface area contributed by atoms with E-state index in [9.17, 15) is 4.79 Å². The summed E-state index contributed by atoms with van der Waals surface area (Å²) in [7, 11) is 5.42. The highest BCUT2D eigenvalue weighted by molar-refractivity contribution is 5.93. The topological polar surface area (TPSA) is 70.1 Å². The molecule has 7 nitrogen and oxygen atoms in total. The zero-order valence-corrected chi connectivity index (χ0v) is 12.6. The molecule has 7 heteroatoms. The number of H-pyrrole nitrogens is 1. The SMILES string of the molecule is CN(C)C(=O)c1n[nH]c2c1CN(Cc1cnn(C)c1)CC2. The molecule has 0 radical (unpaired) electrons. The smallest absolute Gasteiger partial charge is 0.274 e. The average molecular weight is 288 g/mol. The summed E-state index contributed by atoms with van der Waals surface area (Å²) < 4.78 is 1.81. The summed E-state index contributed by atoms with van der Waals surface area (Å²) in [5, 5.41) is 11.4. The molecule has 1 aliphatic rings. The van der Waals surface area contributed by atoms with Gasteiger partial charge < -0.3 is 4.90 Å². The Labute approximate surface area is 123 Å². The lowest BCUT2D eigenvalue weighted by atomic mass is 10.0. The Hall–Kier alpha value is -2.15. The lowest BCUT2D eigenvalue weighted by Gasteiger charge is -2.26. The number of aromatic amines is 1. The summed E-state index contributed by atoms with van der Waals surface area (Å²) >= 11 is 0. The predicted molar refractivity (Wildman–Crippen MR) is 77.6 cm³/mol. The second kappa shape index (κ2) is 5.33. The summed E-state index contributed by atoms with van der Waals surface area (Å²) in [6.07, 6.45) is 4.80. The van der Waals surface area contributed by atoms with Crippen LogP contribution in [0.5, 0.6) is 0 Å². The van der Waals surface area contributed by atoms with Crippen molar-refractivity contribution < 1.29 is 4.79 Å². The molecule has 0 spiro atoms. The van der Waals surface area contributed by atoms with Gasteiger partial charge >= 0.3 is 0 Å². The van der Waals surface area contributed by atoms with Crippen molar-refractivity contribution in [2.75, 3.05) is 20.6 Å². The largest absolute Gasteiger partial charge is 0.343 e. The van der Waals surface area contributed by atoms with Crippen LogP contribution < -0.4 is 0 Å². The van der Waals surface area contributed by atoms with E-state index in [0.717, 1.165) is 37.3 Å². The van der Waals surface area contributed by atoms with Gasteiger partial charge in [0.2, 0.25) is 0 Å². The summed E-state index contributed by atoms with van der Waals surface area (Å²) in [4.78, 5) is 16.0. The Balaban J connectivity index is 1.78. The van der Waals surface area contributed by atoms with Crippen molar-refractivity contribution in [3.05, 3.63) is 34.9 Å². The van der Waals surface area contributed by atoms with Crippen molar-refractivity contribution in [2.45, 2.75) is 19.5 Å². The highest BCUT2D eigenvalue weighted by atomic mass is 16.2. The van der Waals surface area contributed by atoms with Gasteiger partial charge in [0.25, 0.3) is 5.91 Å². The van der Waals surface area contributed by atoms with E-state index in [1.54, 1.807) is 19.0 Å². The number of aromatic nitrogens is 4. The van der Waals surface area contributed by atoms with E-state index in [0.29, 0.717) is 5.69 Å². The van der Waals surface area contributed by atoms with Crippen LogP contribution in [0.3, 0.4) is 0 Å². The number of aryl methyl sites for hydroxylation is 1. The van der Waals surface area contributed by atoms with Gasteiger partial charge in [-0.2, -0.15) is 10.2 Å². The quantitative estimate of drug-likeness (QED) is 0.888. The van der Waals surface area contributed by atoms with Crippen molar-refractivity contribution >= 4 is 5.91 Å². The number of fused-ring (bicyclic) bond motifs is 1. The van der Waals surface area contributed by atoms with Crippen LogP contribution in [0.25, 0.3) is 0 Å². The molecule has 0 saturated carbocycles. The number of rotatable bonds is 3. The molecular weight excluding hydrogens is 268 g/mol. The van der Waals surface area contributed by atoms with Gasteiger partial charge in [0, 0.05) is 70.2 Å². The van der Waals surface area contributed by atoms with Crippen LogP contribution in [0.2, 0.25) is 0 Å². The van der Waals surface area contributed by atoms with E-state index < -0.39 is 0 Å². The van der Waals surface area contributed by atoms with Crippen molar-refractivity contribution in [1.29, 1.82) is 0 Å². The molecular formula is C14H20N6O. The number of hydrogen-bond acceptors (Lipinski definition) is 4. The minimum atomic E-state index is -0.0456. The maximum atomic E-state index is 12.2. The summed E-state index contributed by atoms with van der Waals surface area (Å²) in [5.74, 6) is -0.0456. The monoisotopic (exact) mass is 288 g/mol. The number of carbonyl (C=O) groups excluding carboxylic acids is 1. The third kappa shape index (κ3) is 2.69. The molecule has 0 fully saturated rings. The molecule has 1 aliphatic heterocycles. The van der Waals surface area contributed by atoms with Crippen LogP contribution >= 0.6 is 0 Å². The van der Waals surface area contributed by atoms with E-state index in [1.807, 2.05) is 24.1 Å². The van der Waals surface area contributed by atoms with E-state index in [1.165, 1.54) is 5.56 Å². The molecule has 3 rings (SSSR count). The van der Waals surface area contributed by atoms with Gasteiger partial charge in [-0.3, -0.25) is 19.5 Å². The fourth-order valence-electron chi connectivity index (χ4n) is 2.69. The minimum absolute atomic E-state index is 0.0456. The standard InChI is InChI=1S/C14H20N6O/c1-18(2)14(21)13-11-9-20(5-4-12(11)16-17-13)8-10-6-15-19(3)7-10/h6-7H,4-5,8-9H2,1-3H3,(H,16,17). The van der Waals surface area contributed by atoms with Crippen molar-refractivity contribution in [1.82, 2.24) is 29.8 Å². The first-order chi connectivity index (χ1) is 10.0. The number of nitrogens with zero attached hydrogens (tertiary/aromatic N) is 5.